The van der Waals surface area contributed by atoms with Crippen LogP contribution in [0.25, 0.3) is 0 Å². The molecule has 1 saturated heterocycles. The van der Waals surface area contributed by atoms with E-state index in [-0.39, 0.29) is 28.7 Å². The summed E-state index contributed by atoms with van der Waals surface area (Å²) in [5.74, 6) is -7.51. The molecule has 19 heteroatoms. The summed E-state index contributed by atoms with van der Waals surface area (Å²) in [7, 11) is 0. The third-order valence-electron chi connectivity index (χ3n) is 14.3. The molecule has 5 N–H and O–H groups in total. The Morgan fingerprint density at radius 2 is 1.41 bits per heavy atom. The minimum Gasteiger partial charge on any atom is -0.456 e. The highest BCUT2D eigenvalue weighted by atomic mass is 16.7. The standard InChI is InChI=1S/C51H57NO18/c1-27-34(67-46(61)39(57)38(30-16-10-7-11-17-30)52-44(59)31-18-12-8-13-19-31)23-51(63)43(69-45(60)32-20-14-9-15-21-32)41-49(6,42(58)40(66-28(2)54)37(27)48(51,4)5)35(68-47(62)64-25-33(56)24-53)22-36-50(41,26-65-36)70-29(3)55/h7-21,33-36,38-41,43,53,56-57,63H,22-26H2,1-6H3,(H,52,59)/t33?,34-,35-,36+,38-,39+,40+,41-,43-,49+,50-,51+/m0/s1. The van der Waals surface area contributed by atoms with E-state index >= 15 is 4.79 Å². The molecule has 70 heavy (non-hydrogen) atoms. The number of carbonyl (C=O) groups excluding carboxylic acids is 7. The molecule has 374 valence electrons. The summed E-state index contributed by atoms with van der Waals surface area (Å²) in [6.07, 6.45) is -14.4. The molecule has 0 radical (unpaired) electrons. The van der Waals surface area contributed by atoms with Crippen LogP contribution in [-0.2, 0) is 52.3 Å². The van der Waals surface area contributed by atoms with Gasteiger partial charge in [0, 0.05) is 37.7 Å². The van der Waals surface area contributed by atoms with Gasteiger partial charge in [-0.3, -0.25) is 19.2 Å². The van der Waals surface area contributed by atoms with Crippen LogP contribution in [0.2, 0.25) is 0 Å². The van der Waals surface area contributed by atoms with Crippen molar-refractivity contribution in [3.05, 3.63) is 119 Å². The predicted octanol–water partition coefficient (Wildman–Crippen LogP) is 3.25. The fourth-order valence-corrected chi connectivity index (χ4v) is 10.7. The van der Waals surface area contributed by atoms with Crippen LogP contribution in [-0.4, -0.2) is 136 Å². The van der Waals surface area contributed by atoms with Crippen LogP contribution in [0.5, 0.6) is 0 Å². The molecule has 3 aliphatic carbocycles. The van der Waals surface area contributed by atoms with E-state index in [1.54, 1.807) is 78.9 Å². The van der Waals surface area contributed by atoms with Crippen molar-refractivity contribution < 1.29 is 87.1 Å². The summed E-state index contributed by atoms with van der Waals surface area (Å²) in [6, 6.07) is 22.4. The molecule has 0 aromatic heterocycles. The molecular weight excluding hydrogens is 915 g/mol. The van der Waals surface area contributed by atoms with Crippen molar-refractivity contribution in [2.24, 2.45) is 16.7 Å². The number of ether oxygens (including phenoxy) is 7. The van der Waals surface area contributed by atoms with Crippen molar-refractivity contribution in [2.75, 3.05) is 19.8 Å². The molecule has 2 saturated carbocycles. The minimum absolute atomic E-state index is 0.00674. The number of fused-ring (bicyclic) bond motifs is 5. The first kappa shape index (κ1) is 51.3. The Morgan fingerprint density at radius 1 is 0.814 bits per heavy atom. The summed E-state index contributed by atoms with van der Waals surface area (Å²) in [4.78, 5) is 98.5. The number of carbonyl (C=O) groups is 7. The van der Waals surface area contributed by atoms with Gasteiger partial charge in [-0.05, 0) is 54.8 Å². The number of rotatable bonds is 14. The molecule has 3 fully saturated rings. The van der Waals surface area contributed by atoms with Gasteiger partial charge in [-0.1, -0.05) is 80.6 Å². The van der Waals surface area contributed by atoms with Gasteiger partial charge in [0.05, 0.1) is 36.2 Å². The lowest BCUT2D eigenvalue weighted by Crippen LogP contribution is -2.82. The number of aliphatic hydroxyl groups excluding tert-OH is 3. The van der Waals surface area contributed by atoms with Gasteiger partial charge in [0.15, 0.2) is 23.6 Å². The highest BCUT2D eigenvalue weighted by Crippen LogP contribution is 2.65. The quantitative estimate of drug-likeness (QED) is 0.0881. The fraction of sp³-hybridized carbons (Fsp3) is 0.471. The Hall–Kier alpha value is -6.51. The topological polar surface area (TPSA) is 277 Å². The third kappa shape index (κ3) is 9.31. The number of ketones is 1. The Kier molecular flexibility index (Phi) is 14.7. The van der Waals surface area contributed by atoms with Gasteiger partial charge in [-0.15, -0.1) is 0 Å². The highest BCUT2D eigenvalue weighted by molar-refractivity contribution is 5.96. The molecule has 1 aliphatic heterocycles. The summed E-state index contributed by atoms with van der Waals surface area (Å²) >= 11 is 0. The normalized spacial score (nSPS) is 29.9. The van der Waals surface area contributed by atoms with Crippen LogP contribution >= 0.6 is 0 Å². The van der Waals surface area contributed by atoms with Crippen molar-refractivity contribution in [2.45, 2.75) is 114 Å². The summed E-state index contributed by atoms with van der Waals surface area (Å²) in [5, 5.41) is 47.8. The van der Waals surface area contributed by atoms with Crippen LogP contribution in [0.1, 0.15) is 86.7 Å². The molecule has 12 atom stereocenters. The van der Waals surface area contributed by atoms with Gasteiger partial charge in [-0.25, -0.2) is 14.4 Å². The average Bonchev–Trinajstić information content (AvgIpc) is 3.33. The monoisotopic (exact) mass is 971 g/mol. The highest BCUT2D eigenvalue weighted by Gasteiger charge is 2.79. The van der Waals surface area contributed by atoms with Crippen molar-refractivity contribution in [3.63, 3.8) is 0 Å². The van der Waals surface area contributed by atoms with Crippen molar-refractivity contribution in [1.82, 2.24) is 5.32 Å². The second-order valence-electron chi connectivity index (χ2n) is 18.8. The van der Waals surface area contributed by atoms with E-state index in [1.807, 2.05) is 0 Å². The van der Waals surface area contributed by atoms with Crippen LogP contribution in [0, 0.1) is 16.7 Å². The molecule has 0 spiro atoms. The molecule has 1 heterocycles. The smallest absolute Gasteiger partial charge is 0.456 e. The van der Waals surface area contributed by atoms with Crippen LogP contribution < -0.4 is 5.32 Å². The maximum Gasteiger partial charge on any atom is 0.508 e. The summed E-state index contributed by atoms with van der Waals surface area (Å²) in [5.41, 5.74) is -8.00. The molecule has 19 nitrogen and oxygen atoms in total. The molecule has 4 aliphatic rings. The lowest BCUT2D eigenvalue weighted by atomic mass is 9.44. The van der Waals surface area contributed by atoms with Gasteiger partial charge in [0.25, 0.3) is 5.91 Å². The van der Waals surface area contributed by atoms with E-state index in [4.69, 9.17) is 33.2 Å². The lowest BCUT2D eigenvalue weighted by Gasteiger charge is -2.67. The lowest BCUT2D eigenvalue weighted by molar-refractivity contribution is -0.346. The van der Waals surface area contributed by atoms with E-state index < -0.39 is 145 Å². The van der Waals surface area contributed by atoms with Gasteiger partial charge < -0.3 is 58.9 Å². The SMILES string of the molecule is CC(=O)O[C@H]1C(=O)[C@]2(C)[C@@H](OC(=O)OCC(O)CO)C[C@H]3OC[C@@]3(OC(C)=O)[C@H]2[C@H](OC(=O)c2ccccc2)[C@]2(O)C[C@H](OC(=O)[C@H](O)[C@@H](NC(=O)c3ccccc3)c3ccccc3)C(C)=C1C2(C)C. The number of benzene rings is 3. The van der Waals surface area contributed by atoms with E-state index in [2.05, 4.69) is 5.32 Å². The fourth-order valence-electron chi connectivity index (χ4n) is 10.7. The van der Waals surface area contributed by atoms with E-state index in [1.165, 1.54) is 39.8 Å². The van der Waals surface area contributed by atoms with Crippen molar-refractivity contribution in [3.8, 4) is 0 Å². The maximum atomic E-state index is 16.0. The number of aliphatic hydroxyl groups is 4. The molecule has 3 aromatic carbocycles. The Bertz CT molecular complexity index is 2520. The predicted molar refractivity (Wildman–Crippen MR) is 241 cm³/mol. The number of esters is 4. The Labute approximate surface area is 403 Å². The Morgan fingerprint density at radius 3 is 1.97 bits per heavy atom. The second-order valence-corrected chi connectivity index (χ2v) is 18.8. The molecule has 7 rings (SSSR count). The van der Waals surface area contributed by atoms with Crippen LogP contribution in [0.4, 0.5) is 4.79 Å². The van der Waals surface area contributed by atoms with Gasteiger partial charge in [-0.2, -0.15) is 0 Å². The van der Waals surface area contributed by atoms with Gasteiger partial charge in [0.2, 0.25) is 0 Å². The van der Waals surface area contributed by atoms with E-state index in [0.29, 0.717) is 5.56 Å². The Balaban J connectivity index is 1.41. The molecule has 1 amide bonds. The van der Waals surface area contributed by atoms with Crippen LogP contribution in [0.15, 0.2) is 102 Å². The van der Waals surface area contributed by atoms with Gasteiger partial charge >= 0.3 is 30.0 Å². The zero-order valence-electron chi connectivity index (χ0n) is 39.4. The van der Waals surface area contributed by atoms with Gasteiger partial charge in [0.1, 0.15) is 42.7 Å². The summed E-state index contributed by atoms with van der Waals surface area (Å²) in [6.45, 7) is 6.02. The summed E-state index contributed by atoms with van der Waals surface area (Å²) < 4.78 is 41.6. The number of hydrogen-bond donors (Lipinski definition) is 5. The first-order valence-corrected chi connectivity index (χ1v) is 22.7. The van der Waals surface area contributed by atoms with E-state index in [9.17, 15) is 49.2 Å². The average molecular weight is 972 g/mol. The number of amides is 1. The molecular formula is C51H57NO18. The largest absolute Gasteiger partial charge is 0.508 e. The first-order chi connectivity index (χ1) is 33.1. The molecule has 3 aromatic rings. The third-order valence-corrected chi connectivity index (χ3v) is 14.3. The van der Waals surface area contributed by atoms with E-state index in [0.717, 1.165) is 13.8 Å². The zero-order chi connectivity index (χ0) is 50.9. The van der Waals surface area contributed by atoms with Crippen molar-refractivity contribution >= 4 is 41.7 Å². The molecule has 2 bridgehead atoms. The zero-order valence-corrected chi connectivity index (χ0v) is 39.4. The first-order valence-electron chi connectivity index (χ1n) is 22.7. The minimum atomic E-state index is -2.53. The number of Topliss-reactive ketones (excluding diaryl/α,β-unsaturated/α-hetero) is 1. The van der Waals surface area contributed by atoms with Crippen molar-refractivity contribution in [1.29, 1.82) is 0 Å². The number of nitrogens with one attached hydrogen (secondary N) is 1. The van der Waals surface area contributed by atoms with Crippen LogP contribution in [0.3, 0.4) is 0 Å². The molecule has 1 unspecified atom stereocenters. The number of hydrogen-bond acceptors (Lipinski definition) is 18. The second kappa shape index (κ2) is 20.1. The maximum absolute atomic E-state index is 16.0.